The minimum atomic E-state index is 0.427. The van der Waals surface area contributed by atoms with Gasteiger partial charge in [-0.2, -0.15) is 5.26 Å². The van der Waals surface area contributed by atoms with Gasteiger partial charge in [0.15, 0.2) is 0 Å². The number of imidazole rings is 1. The summed E-state index contributed by atoms with van der Waals surface area (Å²) in [6.45, 7) is 4.28. The maximum atomic E-state index is 9.91. The summed E-state index contributed by atoms with van der Waals surface area (Å²) in [4.78, 5) is 7.92. The predicted molar refractivity (Wildman–Crippen MR) is 145 cm³/mol. The van der Waals surface area contributed by atoms with Gasteiger partial charge in [0.1, 0.15) is 11.9 Å². The van der Waals surface area contributed by atoms with Crippen molar-refractivity contribution in [3.8, 4) is 11.8 Å². The Hall–Kier alpha value is -3.58. The Kier molecular flexibility index (Phi) is 4.80. The van der Waals surface area contributed by atoms with Crippen LogP contribution in [0.2, 0.25) is 0 Å². The van der Waals surface area contributed by atoms with Gasteiger partial charge in [0.2, 0.25) is 0 Å². The number of benzene rings is 2. The molecule has 4 heteroatoms. The average Bonchev–Trinajstić information content (AvgIpc) is 3.42. The highest BCUT2D eigenvalue weighted by atomic mass is 15.0. The summed E-state index contributed by atoms with van der Waals surface area (Å²) in [5.41, 5.74) is 8.90. The van der Waals surface area contributed by atoms with Gasteiger partial charge in [0.05, 0.1) is 16.6 Å². The van der Waals surface area contributed by atoms with Gasteiger partial charge in [-0.3, -0.25) is 0 Å². The topological polar surface area (TPSA) is 57.4 Å². The molecule has 4 aliphatic carbocycles. The Morgan fingerprint density at radius 3 is 2.31 bits per heavy atom. The van der Waals surface area contributed by atoms with Crippen LogP contribution < -0.4 is 0 Å². The van der Waals surface area contributed by atoms with E-state index in [1.54, 1.807) is 5.56 Å². The first-order chi connectivity index (χ1) is 17.5. The van der Waals surface area contributed by atoms with Crippen molar-refractivity contribution < 1.29 is 0 Å². The van der Waals surface area contributed by atoms with E-state index in [9.17, 15) is 5.26 Å². The third kappa shape index (κ3) is 3.37. The molecule has 4 aromatic rings. The Morgan fingerprint density at radius 1 is 1.00 bits per heavy atom. The van der Waals surface area contributed by atoms with E-state index in [0.717, 1.165) is 40.0 Å². The molecule has 2 aromatic carbocycles. The summed E-state index contributed by atoms with van der Waals surface area (Å²) in [6, 6.07) is 21.8. The molecule has 0 unspecified atom stereocenters. The van der Waals surface area contributed by atoms with Crippen molar-refractivity contribution in [1.82, 2.24) is 14.5 Å². The molecule has 0 spiro atoms. The zero-order valence-electron chi connectivity index (χ0n) is 21.1. The fourth-order valence-corrected chi connectivity index (χ4v) is 8.15. The van der Waals surface area contributed by atoms with Gasteiger partial charge in [0, 0.05) is 17.1 Å². The number of fused-ring (bicyclic) bond motifs is 1. The number of para-hydroxylation sites is 2. The lowest BCUT2D eigenvalue weighted by atomic mass is 9.48. The highest BCUT2D eigenvalue weighted by Gasteiger charge is 2.51. The van der Waals surface area contributed by atoms with Crippen LogP contribution in [0.5, 0.6) is 0 Å². The number of aromatic nitrogens is 3. The maximum absolute atomic E-state index is 9.91. The molecule has 4 bridgehead atoms. The molecule has 8 rings (SSSR count). The number of nitrogens with one attached hydrogen (secondary N) is 1. The normalized spacial score (nSPS) is 27.0. The Labute approximate surface area is 212 Å². The van der Waals surface area contributed by atoms with E-state index >= 15 is 0 Å². The fraction of sp³-hybridized carbons (Fsp3) is 0.375. The summed E-state index contributed by atoms with van der Waals surface area (Å²) >= 11 is 0. The van der Waals surface area contributed by atoms with Crippen molar-refractivity contribution in [3.63, 3.8) is 0 Å². The molecule has 0 atom stereocenters. The van der Waals surface area contributed by atoms with E-state index in [-0.39, 0.29) is 0 Å². The van der Waals surface area contributed by atoms with E-state index in [0.29, 0.717) is 16.8 Å². The summed E-state index contributed by atoms with van der Waals surface area (Å²) in [5, 5.41) is 9.91. The molecule has 180 valence electrons. The summed E-state index contributed by atoms with van der Waals surface area (Å²) in [6.07, 6.45) is 10.6. The average molecular weight is 473 g/mol. The zero-order valence-corrected chi connectivity index (χ0v) is 21.1. The zero-order chi connectivity index (χ0) is 24.4. The van der Waals surface area contributed by atoms with Crippen LogP contribution in [0.4, 0.5) is 0 Å². The number of aromatic amines is 1. The number of nitrogens with zero attached hydrogens (tertiary/aromatic N) is 3. The van der Waals surface area contributed by atoms with Crippen LogP contribution in [0.1, 0.15) is 66.9 Å². The van der Waals surface area contributed by atoms with Gasteiger partial charge in [-0.05, 0) is 123 Å². The molecule has 2 aromatic heterocycles. The van der Waals surface area contributed by atoms with Crippen molar-refractivity contribution >= 4 is 22.7 Å². The van der Waals surface area contributed by atoms with Crippen LogP contribution in [0.15, 0.2) is 54.6 Å². The molecular formula is C32H32N4. The van der Waals surface area contributed by atoms with Crippen LogP contribution in [0, 0.1) is 42.9 Å². The molecule has 0 saturated heterocycles. The van der Waals surface area contributed by atoms with Crippen LogP contribution in [-0.2, 0) is 5.41 Å². The Morgan fingerprint density at radius 2 is 1.67 bits per heavy atom. The van der Waals surface area contributed by atoms with Gasteiger partial charge in [-0.1, -0.05) is 24.3 Å². The first-order valence-corrected chi connectivity index (χ1v) is 13.4. The summed E-state index contributed by atoms with van der Waals surface area (Å²) < 4.78 is 2.31. The highest BCUT2D eigenvalue weighted by molar-refractivity contribution is 5.90. The third-order valence-corrected chi connectivity index (χ3v) is 9.31. The van der Waals surface area contributed by atoms with Crippen LogP contribution >= 0.6 is 0 Å². The third-order valence-electron chi connectivity index (χ3n) is 9.31. The molecule has 4 fully saturated rings. The van der Waals surface area contributed by atoms with Gasteiger partial charge in [0.25, 0.3) is 0 Å². The predicted octanol–water partition coefficient (Wildman–Crippen LogP) is 7.50. The number of aryl methyl sites for hydroxylation is 1. The number of hydrogen-bond acceptors (Lipinski definition) is 2. The first kappa shape index (κ1) is 21.7. The number of hydrogen-bond donors (Lipinski definition) is 1. The standard InChI is InChI=1S/C32H32N4/c1-20-11-25(15-26(19-33)31-34-29-5-3-4-6-30(29)35-31)21(2)36(20)28-9-7-27(8-10-28)32-16-22-12-23(17-32)14-24(13-22)18-32/h3-11,15,22-24H,12-14,16-18H2,1-2H3,(H,34,35)/b26-15-. The van der Waals surface area contributed by atoms with Gasteiger partial charge < -0.3 is 9.55 Å². The van der Waals surface area contributed by atoms with Crippen molar-refractivity contribution in [2.24, 2.45) is 17.8 Å². The molecule has 0 amide bonds. The maximum Gasteiger partial charge on any atom is 0.149 e. The number of allylic oxidation sites excluding steroid dienone is 1. The summed E-state index contributed by atoms with van der Waals surface area (Å²) in [7, 11) is 0. The molecule has 0 aliphatic heterocycles. The Balaban J connectivity index is 1.21. The van der Waals surface area contributed by atoms with Crippen molar-refractivity contribution in [2.45, 2.75) is 57.8 Å². The lowest BCUT2D eigenvalue weighted by Gasteiger charge is -2.57. The van der Waals surface area contributed by atoms with E-state index in [4.69, 9.17) is 0 Å². The lowest BCUT2D eigenvalue weighted by Crippen LogP contribution is -2.48. The van der Waals surface area contributed by atoms with Crippen molar-refractivity contribution in [2.75, 3.05) is 0 Å². The second kappa shape index (κ2) is 7.96. The van der Waals surface area contributed by atoms with Crippen molar-refractivity contribution in [3.05, 3.63) is 82.9 Å². The van der Waals surface area contributed by atoms with E-state index in [1.165, 1.54) is 49.9 Å². The second-order valence-corrected chi connectivity index (χ2v) is 11.7. The monoisotopic (exact) mass is 472 g/mol. The lowest BCUT2D eigenvalue weighted by molar-refractivity contribution is -0.00518. The first-order valence-electron chi connectivity index (χ1n) is 13.4. The van der Waals surface area contributed by atoms with Crippen LogP contribution in [-0.4, -0.2) is 14.5 Å². The number of H-pyrrole nitrogens is 1. The molecule has 2 heterocycles. The minimum Gasteiger partial charge on any atom is -0.337 e. The molecule has 0 radical (unpaired) electrons. The Bertz CT molecular complexity index is 1470. The molecule has 4 saturated carbocycles. The second-order valence-electron chi connectivity index (χ2n) is 11.7. The van der Waals surface area contributed by atoms with Gasteiger partial charge in [-0.25, -0.2) is 4.98 Å². The SMILES string of the molecule is Cc1cc(/C=C(/C#N)c2nc3ccccc3[nH]2)c(C)n1-c1ccc(C23CC4CC(CC(C4)C2)C3)cc1. The van der Waals surface area contributed by atoms with E-state index in [1.807, 2.05) is 30.3 Å². The molecule has 36 heavy (non-hydrogen) atoms. The van der Waals surface area contributed by atoms with E-state index < -0.39 is 0 Å². The summed E-state index contributed by atoms with van der Waals surface area (Å²) in [5.74, 6) is 3.49. The van der Waals surface area contributed by atoms with E-state index in [2.05, 4.69) is 64.8 Å². The van der Waals surface area contributed by atoms with Gasteiger partial charge in [-0.15, -0.1) is 0 Å². The van der Waals surface area contributed by atoms with Crippen LogP contribution in [0.3, 0.4) is 0 Å². The molecule has 4 aliphatic rings. The quantitative estimate of drug-likeness (QED) is 0.313. The minimum absolute atomic E-state index is 0.427. The molecule has 1 N–H and O–H groups in total. The molecule has 4 nitrogen and oxygen atoms in total. The number of nitriles is 1. The largest absolute Gasteiger partial charge is 0.337 e. The highest BCUT2D eigenvalue weighted by Crippen LogP contribution is 2.60. The van der Waals surface area contributed by atoms with Gasteiger partial charge >= 0.3 is 0 Å². The number of rotatable bonds is 4. The fourth-order valence-electron chi connectivity index (χ4n) is 8.15. The smallest absolute Gasteiger partial charge is 0.149 e. The molecular weight excluding hydrogens is 440 g/mol. The van der Waals surface area contributed by atoms with Crippen molar-refractivity contribution in [1.29, 1.82) is 5.26 Å². The van der Waals surface area contributed by atoms with Crippen LogP contribution in [0.25, 0.3) is 28.4 Å².